The molecule has 1 aliphatic heterocycles. The molecule has 0 saturated carbocycles. The third-order valence-corrected chi connectivity index (χ3v) is 5.50. The van der Waals surface area contributed by atoms with Crippen LogP contribution in [-0.4, -0.2) is 51.9 Å². The van der Waals surface area contributed by atoms with Crippen molar-refractivity contribution in [2.75, 3.05) is 31.1 Å². The molecule has 28 heavy (non-hydrogen) atoms. The number of fused-ring (bicyclic) bond motifs is 2. The fourth-order valence-corrected chi connectivity index (χ4v) is 3.94. The van der Waals surface area contributed by atoms with Gasteiger partial charge in [-0.05, 0) is 29.8 Å². The SMILES string of the molecule is O=C(Cc1c[nH]c2ccccc12)N1CCN(c2ccc3ncncc3c2)CC1. The second-order valence-electron chi connectivity index (χ2n) is 7.17. The first-order valence-corrected chi connectivity index (χ1v) is 9.55. The van der Waals surface area contributed by atoms with Gasteiger partial charge in [0.2, 0.25) is 5.91 Å². The summed E-state index contributed by atoms with van der Waals surface area (Å²) >= 11 is 0. The number of aromatic amines is 1. The Labute approximate surface area is 162 Å². The van der Waals surface area contributed by atoms with E-state index in [0.29, 0.717) is 6.42 Å². The highest BCUT2D eigenvalue weighted by atomic mass is 16.2. The fourth-order valence-electron chi connectivity index (χ4n) is 3.94. The molecular formula is C22H21N5O. The molecule has 1 N–H and O–H groups in total. The van der Waals surface area contributed by atoms with Crippen LogP contribution in [0.2, 0.25) is 0 Å². The van der Waals surface area contributed by atoms with E-state index in [4.69, 9.17) is 0 Å². The molecule has 1 amide bonds. The van der Waals surface area contributed by atoms with E-state index in [9.17, 15) is 4.79 Å². The summed E-state index contributed by atoms with van der Waals surface area (Å²) in [6.45, 7) is 3.15. The lowest BCUT2D eigenvalue weighted by molar-refractivity contribution is -0.130. The molecule has 0 spiro atoms. The predicted octanol–water partition coefficient (Wildman–Crippen LogP) is 3.00. The molecular weight excluding hydrogens is 350 g/mol. The molecule has 0 bridgehead atoms. The number of nitrogens with zero attached hydrogens (tertiary/aromatic N) is 4. The van der Waals surface area contributed by atoms with Crippen molar-refractivity contribution in [2.24, 2.45) is 0 Å². The number of hydrogen-bond donors (Lipinski definition) is 1. The molecule has 4 aromatic rings. The summed E-state index contributed by atoms with van der Waals surface area (Å²) in [6, 6.07) is 14.4. The van der Waals surface area contributed by atoms with Gasteiger partial charge in [-0.2, -0.15) is 0 Å². The number of piperazine rings is 1. The Hall–Kier alpha value is -3.41. The molecule has 5 rings (SSSR count). The smallest absolute Gasteiger partial charge is 0.227 e. The van der Waals surface area contributed by atoms with E-state index in [1.165, 1.54) is 0 Å². The summed E-state index contributed by atoms with van der Waals surface area (Å²) < 4.78 is 0. The van der Waals surface area contributed by atoms with Crippen LogP contribution in [0.25, 0.3) is 21.8 Å². The Balaban J connectivity index is 1.25. The number of amides is 1. The van der Waals surface area contributed by atoms with Gasteiger partial charge in [0.05, 0.1) is 11.9 Å². The second-order valence-corrected chi connectivity index (χ2v) is 7.17. The molecule has 1 aliphatic rings. The normalized spacial score (nSPS) is 14.7. The Kier molecular flexibility index (Phi) is 4.16. The van der Waals surface area contributed by atoms with Gasteiger partial charge in [0, 0.05) is 60.5 Å². The van der Waals surface area contributed by atoms with Crippen molar-refractivity contribution < 1.29 is 4.79 Å². The Morgan fingerprint density at radius 1 is 1.07 bits per heavy atom. The molecule has 1 saturated heterocycles. The number of benzene rings is 2. The first-order chi connectivity index (χ1) is 13.8. The van der Waals surface area contributed by atoms with Crippen LogP contribution in [-0.2, 0) is 11.2 Å². The zero-order chi connectivity index (χ0) is 18.9. The van der Waals surface area contributed by atoms with Gasteiger partial charge < -0.3 is 14.8 Å². The van der Waals surface area contributed by atoms with Gasteiger partial charge in [0.1, 0.15) is 6.33 Å². The number of para-hydroxylation sites is 1. The number of hydrogen-bond acceptors (Lipinski definition) is 4. The zero-order valence-corrected chi connectivity index (χ0v) is 15.5. The van der Waals surface area contributed by atoms with Crippen LogP contribution in [0.1, 0.15) is 5.56 Å². The quantitative estimate of drug-likeness (QED) is 0.601. The summed E-state index contributed by atoms with van der Waals surface area (Å²) in [7, 11) is 0. The number of anilines is 1. The molecule has 3 heterocycles. The highest BCUT2D eigenvalue weighted by Gasteiger charge is 2.22. The van der Waals surface area contributed by atoms with Crippen LogP contribution >= 0.6 is 0 Å². The van der Waals surface area contributed by atoms with Crippen molar-refractivity contribution in [2.45, 2.75) is 6.42 Å². The van der Waals surface area contributed by atoms with Crippen LogP contribution < -0.4 is 4.90 Å². The maximum Gasteiger partial charge on any atom is 0.227 e. The lowest BCUT2D eigenvalue weighted by atomic mass is 10.1. The van der Waals surface area contributed by atoms with Crippen LogP contribution in [0.15, 0.2) is 61.2 Å². The number of nitrogens with one attached hydrogen (secondary N) is 1. The minimum absolute atomic E-state index is 0.191. The van der Waals surface area contributed by atoms with Gasteiger partial charge in [-0.15, -0.1) is 0 Å². The average molecular weight is 371 g/mol. The van der Waals surface area contributed by atoms with Gasteiger partial charge in [-0.25, -0.2) is 9.97 Å². The van der Waals surface area contributed by atoms with Crippen molar-refractivity contribution >= 4 is 33.4 Å². The number of carbonyl (C=O) groups is 1. The van der Waals surface area contributed by atoms with Crippen molar-refractivity contribution in [3.8, 4) is 0 Å². The molecule has 0 unspecified atom stereocenters. The van der Waals surface area contributed by atoms with E-state index in [2.05, 4.69) is 38.1 Å². The van der Waals surface area contributed by atoms with Crippen LogP contribution in [0.4, 0.5) is 5.69 Å². The second kappa shape index (κ2) is 6.96. The lowest BCUT2D eigenvalue weighted by Crippen LogP contribution is -2.49. The number of carbonyl (C=O) groups excluding carboxylic acids is 1. The standard InChI is InChI=1S/C22H21N5O/c28-22(12-16-14-24-21-4-2-1-3-19(16)21)27-9-7-26(8-10-27)18-5-6-20-17(11-18)13-23-15-25-20/h1-6,11,13-15,24H,7-10,12H2. The molecule has 1 fully saturated rings. The van der Waals surface area contributed by atoms with E-state index in [1.807, 2.05) is 41.6 Å². The van der Waals surface area contributed by atoms with Crippen LogP contribution in [0.5, 0.6) is 0 Å². The number of rotatable bonds is 3. The summed E-state index contributed by atoms with van der Waals surface area (Å²) in [6.07, 6.45) is 5.81. The highest BCUT2D eigenvalue weighted by Crippen LogP contribution is 2.22. The van der Waals surface area contributed by atoms with E-state index in [1.54, 1.807) is 6.33 Å². The van der Waals surface area contributed by atoms with E-state index in [0.717, 1.165) is 59.2 Å². The molecule has 6 nitrogen and oxygen atoms in total. The first-order valence-electron chi connectivity index (χ1n) is 9.55. The lowest BCUT2D eigenvalue weighted by Gasteiger charge is -2.36. The molecule has 6 heteroatoms. The summed E-state index contributed by atoms with van der Waals surface area (Å²) in [5, 5.41) is 2.17. The number of H-pyrrole nitrogens is 1. The van der Waals surface area contributed by atoms with Crippen LogP contribution in [0.3, 0.4) is 0 Å². The topological polar surface area (TPSA) is 65.1 Å². The summed E-state index contributed by atoms with van der Waals surface area (Å²) in [5.41, 5.74) is 4.25. The highest BCUT2D eigenvalue weighted by molar-refractivity contribution is 5.89. The van der Waals surface area contributed by atoms with Crippen molar-refractivity contribution in [1.82, 2.24) is 19.9 Å². The van der Waals surface area contributed by atoms with E-state index >= 15 is 0 Å². The molecule has 2 aromatic carbocycles. The van der Waals surface area contributed by atoms with E-state index in [-0.39, 0.29) is 5.91 Å². The Morgan fingerprint density at radius 2 is 1.93 bits per heavy atom. The van der Waals surface area contributed by atoms with Crippen molar-refractivity contribution in [3.63, 3.8) is 0 Å². The molecule has 0 aliphatic carbocycles. The van der Waals surface area contributed by atoms with Crippen molar-refractivity contribution in [1.29, 1.82) is 0 Å². The average Bonchev–Trinajstić information content (AvgIpc) is 3.16. The third-order valence-electron chi connectivity index (χ3n) is 5.50. The number of aromatic nitrogens is 3. The van der Waals surface area contributed by atoms with Gasteiger partial charge in [-0.3, -0.25) is 4.79 Å². The Bertz CT molecular complexity index is 1140. The maximum absolute atomic E-state index is 12.8. The minimum Gasteiger partial charge on any atom is -0.368 e. The Morgan fingerprint density at radius 3 is 2.82 bits per heavy atom. The summed E-state index contributed by atoms with van der Waals surface area (Å²) in [5.74, 6) is 0.191. The van der Waals surface area contributed by atoms with Gasteiger partial charge in [-0.1, -0.05) is 18.2 Å². The van der Waals surface area contributed by atoms with Gasteiger partial charge in [0.25, 0.3) is 0 Å². The minimum atomic E-state index is 0.191. The predicted molar refractivity (Wildman–Crippen MR) is 110 cm³/mol. The fraction of sp³-hybridized carbons (Fsp3) is 0.227. The first kappa shape index (κ1) is 16.7. The van der Waals surface area contributed by atoms with E-state index < -0.39 is 0 Å². The molecule has 0 atom stereocenters. The summed E-state index contributed by atoms with van der Waals surface area (Å²) in [4.78, 5) is 28.7. The largest absolute Gasteiger partial charge is 0.368 e. The third kappa shape index (κ3) is 3.07. The van der Waals surface area contributed by atoms with Crippen LogP contribution in [0, 0.1) is 0 Å². The monoisotopic (exact) mass is 371 g/mol. The molecule has 140 valence electrons. The zero-order valence-electron chi connectivity index (χ0n) is 15.5. The van der Waals surface area contributed by atoms with Crippen molar-refractivity contribution in [3.05, 3.63) is 66.7 Å². The molecule has 0 radical (unpaired) electrons. The molecule has 2 aromatic heterocycles. The van der Waals surface area contributed by atoms with Gasteiger partial charge in [0.15, 0.2) is 0 Å². The maximum atomic E-state index is 12.8. The van der Waals surface area contributed by atoms with Gasteiger partial charge >= 0.3 is 0 Å².